The van der Waals surface area contributed by atoms with Gasteiger partial charge in [-0.1, -0.05) is 0 Å². The molecule has 0 unspecified atom stereocenters. The fourth-order valence-electron chi connectivity index (χ4n) is 1.43. The lowest BCUT2D eigenvalue weighted by atomic mass is 10.2. The Morgan fingerprint density at radius 3 is 2.65 bits per heavy atom. The second-order valence-corrected chi connectivity index (χ2v) is 3.90. The van der Waals surface area contributed by atoms with Crippen LogP contribution in [0.15, 0.2) is 36.7 Å². The van der Waals surface area contributed by atoms with E-state index in [1.54, 1.807) is 12.4 Å². The Hall–Kier alpha value is -1.94. The number of aromatic nitrogens is 2. The number of hydrogen-bond donors (Lipinski definition) is 1. The summed E-state index contributed by atoms with van der Waals surface area (Å²) in [6, 6.07) is 7.38. The highest BCUT2D eigenvalue weighted by Crippen LogP contribution is 2.23. The number of hydrogen-bond acceptors (Lipinski definition) is 4. The smallest absolute Gasteiger partial charge is 0.148 e. The molecule has 0 aliphatic heterocycles. The summed E-state index contributed by atoms with van der Waals surface area (Å²) in [4.78, 5) is 8.39. The molecule has 0 aromatic carbocycles. The maximum Gasteiger partial charge on any atom is 0.148 e. The molecule has 1 atom stereocenters. The average Bonchev–Trinajstić information content (AvgIpc) is 2.33. The largest absolute Gasteiger partial charge is 0.454 e. The van der Waals surface area contributed by atoms with Crippen LogP contribution >= 0.6 is 0 Å². The van der Waals surface area contributed by atoms with Gasteiger partial charge in [0.25, 0.3) is 0 Å². The molecule has 0 saturated carbocycles. The fourth-order valence-corrected chi connectivity index (χ4v) is 1.43. The van der Waals surface area contributed by atoms with Crippen molar-refractivity contribution in [1.82, 2.24) is 9.97 Å². The van der Waals surface area contributed by atoms with Gasteiger partial charge in [-0.3, -0.25) is 9.97 Å². The molecule has 0 amide bonds. The van der Waals surface area contributed by atoms with Crippen LogP contribution in [0.2, 0.25) is 0 Å². The van der Waals surface area contributed by atoms with E-state index in [0.717, 1.165) is 17.1 Å². The van der Waals surface area contributed by atoms with E-state index in [1.807, 2.05) is 38.1 Å². The van der Waals surface area contributed by atoms with Crippen LogP contribution in [0.4, 0.5) is 0 Å². The van der Waals surface area contributed by atoms with Crippen molar-refractivity contribution < 1.29 is 4.74 Å². The van der Waals surface area contributed by atoms with Crippen molar-refractivity contribution in [2.24, 2.45) is 5.73 Å². The van der Waals surface area contributed by atoms with Gasteiger partial charge >= 0.3 is 0 Å². The topological polar surface area (TPSA) is 61.0 Å². The third-order valence-corrected chi connectivity index (χ3v) is 2.41. The van der Waals surface area contributed by atoms with Crippen molar-refractivity contribution >= 4 is 0 Å². The van der Waals surface area contributed by atoms with Gasteiger partial charge in [-0.15, -0.1) is 0 Å². The zero-order chi connectivity index (χ0) is 12.3. The molecule has 0 spiro atoms. The van der Waals surface area contributed by atoms with Gasteiger partial charge < -0.3 is 10.5 Å². The van der Waals surface area contributed by atoms with Crippen molar-refractivity contribution in [3.63, 3.8) is 0 Å². The van der Waals surface area contributed by atoms with E-state index in [9.17, 15) is 0 Å². The van der Waals surface area contributed by atoms with Crippen LogP contribution in [0.5, 0.6) is 11.5 Å². The predicted octanol–water partition coefficient (Wildman–Crippen LogP) is 2.60. The minimum Gasteiger partial charge on any atom is -0.454 e. The van der Waals surface area contributed by atoms with Gasteiger partial charge in [0.1, 0.15) is 11.5 Å². The van der Waals surface area contributed by atoms with Crippen molar-refractivity contribution in [2.75, 3.05) is 0 Å². The first kappa shape index (κ1) is 11.5. The first-order chi connectivity index (χ1) is 8.16. The molecule has 4 nitrogen and oxygen atoms in total. The molecule has 0 radical (unpaired) electrons. The molecule has 0 saturated heterocycles. The molecule has 2 N–H and O–H groups in total. The van der Waals surface area contributed by atoms with E-state index in [-0.39, 0.29) is 6.04 Å². The van der Waals surface area contributed by atoms with E-state index in [0.29, 0.717) is 5.75 Å². The minimum atomic E-state index is -0.0656. The van der Waals surface area contributed by atoms with E-state index >= 15 is 0 Å². The lowest BCUT2D eigenvalue weighted by molar-refractivity contribution is 0.472. The Morgan fingerprint density at radius 1 is 1.24 bits per heavy atom. The summed E-state index contributed by atoms with van der Waals surface area (Å²) in [5.41, 5.74) is 7.43. The Bertz CT molecular complexity index is 494. The monoisotopic (exact) mass is 229 g/mol. The standard InChI is InChI=1S/C13H15N3O/c1-9(14)12-6-5-11(8-16-12)17-13-4-3-7-15-10(13)2/h3-9H,14H2,1-2H3/t9-/m1/s1. The summed E-state index contributed by atoms with van der Waals surface area (Å²) in [7, 11) is 0. The van der Waals surface area contributed by atoms with Crippen LogP contribution in [0.25, 0.3) is 0 Å². The molecule has 0 bridgehead atoms. The molecule has 2 heterocycles. The average molecular weight is 229 g/mol. The molecule has 2 aromatic heterocycles. The molecular weight excluding hydrogens is 214 g/mol. The van der Waals surface area contributed by atoms with Gasteiger partial charge in [0.15, 0.2) is 0 Å². The Balaban J connectivity index is 2.17. The van der Waals surface area contributed by atoms with Crippen LogP contribution in [0, 0.1) is 6.92 Å². The number of nitrogens with two attached hydrogens (primary N) is 1. The third kappa shape index (κ3) is 2.79. The number of ether oxygens (including phenoxy) is 1. The third-order valence-electron chi connectivity index (χ3n) is 2.41. The second kappa shape index (κ2) is 4.93. The van der Waals surface area contributed by atoms with Crippen LogP contribution in [-0.4, -0.2) is 9.97 Å². The maximum absolute atomic E-state index is 5.73. The highest BCUT2D eigenvalue weighted by molar-refractivity contribution is 5.32. The van der Waals surface area contributed by atoms with Crippen molar-refractivity contribution in [3.8, 4) is 11.5 Å². The van der Waals surface area contributed by atoms with Gasteiger partial charge in [0.2, 0.25) is 0 Å². The van der Waals surface area contributed by atoms with Crippen LogP contribution in [-0.2, 0) is 0 Å². The van der Waals surface area contributed by atoms with E-state index in [1.165, 1.54) is 0 Å². The summed E-state index contributed by atoms with van der Waals surface area (Å²) in [5, 5.41) is 0. The summed E-state index contributed by atoms with van der Waals surface area (Å²) < 4.78 is 5.68. The Labute approximate surface area is 100 Å². The molecule has 2 rings (SSSR count). The highest BCUT2D eigenvalue weighted by atomic mass is 16.5. The predicted molar refractivity (Wildman–Crippen MR) is 65.9 cm³/mol. The summed E-state index contributed by atoms with van der Waals surface area (Å²) in [6.45, 7) is 3.80. The van der Waals surface area contributed by atoms with Gasteiger partial charge in [0, 0.05) is 12.2 Å². The molecule has 0 aliphatic rings. The van der Waals surface area contributed by atoms with Crippen molar-refractivity contribution in [3.05, 3.63) is 48.0 Å². The molecule has 88 valence electrons. The first-order valence-electron chi connectivity index (χ1n) is 5.48. The second-order valence-electron chi connectivity index (χ2n) is 3.90. The van der Waals surface area contributed by atoms with Crippen molar-refractivity contribution in [1.29, 1.82) is 0 Å². The van der Waals surface area contributed by atoms with E-state index < -0.39 is 0 Å². The zero-order valence-electron chi connectivity index (χ0n) is 9.92. The van der Waals surface area contributed by atoms with Gasteiger partial charge in [-0.25, -0.2) is 0 Å². The molecular formula is C13H15N3O. The van der Waals surface area contributed by atoms with Crippen LogP contribution in [0.3, 0.4) is 0 Å². The quantitative estimate of drug-likeness (QED) is 0.878. The maximum atomic E-state index is 5.73. The number of pyridine rings is 2. The number of nitrogens with zero attached hydrogens (tertiary/aromatic N) is 2. The van der Waals surface area contributed by atoms with Gasteiger partial charge in [-0.2, -0.15) is 0 Å². The summed E-state index contributed by atoms with van der Waals surface area (Å²) in [5.74, 6) is 1.42. The van der Waals surface area contributed by atoms with E-state index in [2.05, 4.69) is 9.97 Å². The molecule has 2 aromatic rings. The molecule has 4 heteroatoms. The van der Waals surface area contributed by atoms with Gasteiger partial charge in [0.05, 0.1) is 17.6 Å². The van der Waals surface area contributed by atoms with E-state index in [4.69, 9.17) is 10.5 Å². The molecule has 0 aliphatic carbocycles. The zero-order valence-corrected chi connectivity index (χ0v) is 9.92. The highest BCUT2D eigenvalue weighted by Gasteiger charge is 2.04. The van der Waals surface area contributed by atoms with Crippen LogP contribution < -0.4 is 10.5 Å². The number of rotatable bonds is 3. The Morgan fingerprint density at radius 2 is 2.06 bits per heavy atom. The summed E-state index contributed by atoms with van der Waals surface area (Å²) >= 11 is 0. The summed E-state index contributed by atoms with van der Waals surface area (Å²) in [6.07, 6.45) is 3.41. The first-order valence-corrected chi connectivity index (χ1v) is 5.48. The normalized spacial score (nSPS) is 12.2. The minimum absolute atomic E-state index is 0.0656. The van der Waals surface area contributed by atoms with Crippen molar-refractivity contribution in [2.45, 2.75) is 19.9 Å². The molecule has 17 heavy (non-hydrogen) atoms. The van der Waals surface area contributed by atoms with Gasteiger partial charge in [-0.05, 0) is 38.1 Å². The number of aryl methyl sites for hydroxylation is 1. The fraction of sp³-hybridized carbons (Fsp3) is 0.231. The lowest BCUT2D eigenvalue weighted by Crippen LogP contribution is -2.06. The SMILES string of the molecule is Cc1ncccc1Oc1ccc([C@@H](C)N)nc1. The van der Waals surface area contributed by atoms with Crippen LogP contribution in [0.1, 0.15) is 24.4 Å². The lowest BCUT2D eigenvalue weighted by Gasteiger charge is -2.09. The Kier molecular flexibility index (Phi) is 3.35. The molecule has 0 fully saturated rings.